The summed E-state index contributed by atoms with van der Waals surface area (Å²) in [6.45, 7) is 5.90. The van der Waals surface area contributed by atoms with Crippen molar-refractivity contribution in [1.82, 2.24) is 9.80 Å². The molecule has 2 fully saturated rings. The molecule has 2 atom stereocenters. The lowest BCUT2D eigenvalue weighted by Crippen LogP contribution is -2.33. The average Bonchev–Trinajstić information content (AvgIpc) is 3.08. The molecule has 3 rings (SSSR count). The Hall–Kier alpha value is -1.55. The predicted molar refractivity (Wildman–Crippen MR) is 83.0 cm³/mol. The lowest BCUT2D eigenvalue weighted by atomic mass is 10.3. The number of carbonyl (C=O) groups is 1. The summed E-state index contributed by atoms with van der Waals surface area (Å²) in [5.74, 6) is 3.26. The molecule has 4 nitrogen and oxygen atoms in total. The fourth-order valence-electron chi connectivity index (χ4n) is 2.90. The smallest absolute Gasteiger partial charge is 0.246 e. The summed E-state index contributed by atoms with van der Waals surface area (Å²) < 4.78 is 5.79. The molecule has 2 heterocycles. The molecule has 2 unspecified atom stereocenters. The van der Waals surface area contributed by atoms with Crippen molar-refractivity contribution < 1.29 is 9.21 Å². The zero-order valence-electron chi connectivity index (χ0n) is 12.9. The third-order valence-corrected chi connectivity index (χ3v) is 4.54. The van der Waals surface area contributed by atoms with Crippen LogP contribution in [0.4, 0.5) is 0 Å². The van der Waals surface area contributed by atoms with Crippen LogP contribution in [0.25, 0.3) is 6.08 Å². The quantitative estimate of drug-likeness (QED) is 0.802. The Morgan fingerprint density at radius 2 is 2.10 bits per heavy atom. The zero-order chi connectivity index (χ0) is 14.8. The van der Waals surface area contributed by atoms with Gasteiger partial charge in [-0.1, -0.05) is 6.92 Å². The molecule has 2 aliphatic rings. The summed E-state index contributed by atoms with van der Waals surface area (Å²) in [4.78, 5) is 16.4. The van der Waals surface area contributed by atoms with Crippen molar-refractivity contribution in [3.63, 3.8) is 0 Å². The summed E-state index contributed by atoms with van der Waals surface area (Å²) in [5.41, 5.74) is 0. The van der Waals surface area contributed by atoms with E-state index in [1.54, 1.807) is 12.2 Å². The zero-order valence-corrected chi connectivity index (χ0v) is 12.9. The highest BCUT2D eigenvalue weighted by molar-refractivity contribution is 5.91. The normalized spacial score (nSPS) is 27.0. The highest BCUT2D eigenvalue weighted by atomic mass is 16.3. The second kappa shape index (κ2) is 6.06. The van der Waals surface area contributed by atoms with Gasteiger partial charge in [0.2, 0.25) is 5.91 Å². The van der Waals surface area contributed by atoms with Gasteiger partial charge in [0.1, 0.15) is 11.5 Å². The summed E-state index contributed by atoms with van der Waals surface area (Å²) in [6, 6.07) is 4.00. The van der Waals surface area contributed by atoms with Crippen LogP contribution < -0.4 is 0 Å². The van der Waals surface area contributed by atoms with Crippen molar-refractivity contribution in [2.45, 2.75) is 25.7 Å². The molecule has 1 aromatic rings. The Morgan fingerprint density at radius 3 is 2.86 bits per heavy atom. The van der Waals surface area contributed by atoms with Gasteiger partial charge >= 0.3 is 0 Å². The molecule has 0 spiro atoms. The van der Waals surface area contributed by atoms with E-state index < -0.39 is 0 Å². The van der Waals surface area contributed by atoms with Gasteiger partial charge in [-0.15, -0.1) is 0 Å². The second-order valence-electron chi connectivity index (χ2n) is 6.38. The van der Waals surface area contributed by atoms with Gasteiger partial charge in [-0.25, -0.2) is 0 Å². The van der Waals surface area contributed by atoms with E-state index in [-0.39, 0.29) is 5.91 Å². The molecule has 1 aliphatic heterocycles. The number of rotatable bonds is 3. The van der Waals surface area contributed by atoms with E-state index in [0.29, 0.717) is 5.92 Å². The molecule has 1 amide bonds. The van der Waals surface area contributed by atoms with Crippen LogP contribution in [-0.2, 0) is 4.79 Å². The Kier molecular flexibility index (Phi) is 4.15. The number of carbonyl (C=O) groups excluding carboxylic acids is 1. The van der Waals surface area contributed by atoms with Gasteiger partial charge in [0.05, 0.1) is 0 Å². The minimum atomic E-state index is 0.0861. The summed E-state index contributed by atoms with van der Waals surface area (Å²) in [5, 5.41) is 0. The number of amides is 1. The maximum Gasteiger partial charge on any atom is 0.246 e. The van der Waals surface area contributed by atoms with E-state index in [2.05, 4.69) is 18.9 Å². The van der Waals surface area contributed by atoms with Crippen LogP contribution in [-0.4, -0.2) is 48.9 Å². The van der Waals surface area contributed by atoms with Gasteiger partial charge in [-0.05, 0) is 50.6 Å². The molecule has 0 bridgehead atoms. The molecular formula is C17H24N2O2. The highest BCUT2D eigenvalue weighted by Gasteiger charge is 2.36. The van der Waals surface area contributed by atoms with E-state index in [0.717, 1.165) is 50.0 Å². The van der Waals surface area contributed by atoms with Gasteiger partial charge in [0, 0.05) is 31.6 Å². The van der Waals surface area contributed by atoms with Crippen molar-refractivity contribution >= 4 is 12.0 Å². The summed E-state index contributed by atoms with van der Waals surface area (Å²) in [6.07, 6.45) is 5.70. The topological polar surface area (TPSA) is 36.7 Å². The fraction of sp³-hybridized carbons (Fsp3) is 0.588. The SMILES string of the molecule is CC1CC1c1ccc(/C=C/C(=O)N2CCCN(C)CC2)o1. The Bertz CT molecular complexity index is 535. The molecule has 114 valence electrons. The number of hydrogen-bond donors (Lipinski definition) is 0. The Labute approximate surface area is 126 Å². The number of furan rings is 1. The molecule has 1 aromatic heterocycles. The number of nitrogens with zero attached hydrogens (tertiary/aromatic N) is 2. The lowest BCUT2D eigenvalue weighted by molar-refractivity contribution is -0.125. The first-order valence-corrected chi connectivity index (χ1v) is 7.89. The summed E-state index contributed by atoms with van der Waals surface area (Å²) in [7, 11) is 2.10. The maximum absolute atomic E-state index is 12.2. The Balaban J connectivity index is 1.57. The summed E-state index contributed by atoms with van der Waals surface area (Å²) >= 11 is 0. The van der Waals surface area contributed by atoms with Crippen molar-refractivity contribution in [3.8, 4) is 0 Å². The van der Waals surface area contributed by atoms with E-state index >= 15 is 0 Å². The standard InChI is InChI=1S/C17H24N2O2/c1-13-12-15(13)16-6-4-14(21-16)5-7-17(20)19-9-3-8-18(2)10-11-19/h4-7,13,15H,3,8-12H2,1-2H3/b7-5+. The molecule has 0 aromatic carbocycles. The molecule has 1 saturated heterocycles. The monoisotopic (exact) mass is 288 g/mol. The molecule has 0 N–H and O–H groups in total. The van der Waals surface area contributed by atoms with Crippen LogP contribution in [0.3, 0.4) is 0 Å². The van der Waals surface area contributed by atoms with E-state index in [1.165, 1.54) is 6.42 Å². The minimum Gasteiger partial charge on any atom is -0.461 e. The first-order chi connectivity index (χ1) is 10.1. The lowest BCUT2D eigenvalue weighted by Gasteiger charge is -2.18. The molecule has 21 heavy (non-hydrogen) atoms. The molecule has 1 saturated carbocycles. The second-order valence-corrected chi connectivity index (χ2v) is 6.38. The largest absolute Gasteiger partial charge is 0.461 e. The van der Waals surface area contributed by atoms with E-state index in [1.807, 2.05) is 17.0 Å². The third-order valence-electron chi connectivity index (χ3n) is 4.54. The first kappa shape index (κ1) is 14.4. The first-order valence-electron chi connectivity index (χ1n) is 7.89. The van der Waals surface area contributed by atoms with Gasteiger partial charge in [0.25, 0.3) is 0 Å². The third kappa shape index (κ3) is 3.56. The highest BCUT2D eigenvalue weighted by Crippen LogP contribution is 2.47. The fourth-order valence-corrected chi connectivity index (χ4v) is 2.90. The number of likely N-dealkylation sites (N-methyl/N-ethyl adjacent to an activating group) is 1. The van der Waals surface area contributed by atoms with Gasteiger partial charge in [0.15, 0.2) is 0 Å². The van der Waals surface area contributed by atoms with Gasteiger partial charge in [-0.3, -0.25) is 4.79 Å². The van der Waals surface area contributed by atoms with Crippen molar-refractivity contribution in [2.24, 2.45) is 5.92 Å². The van der Waals surface area contributed by atoms with Crippen LogP contribution in [0, 0.1) is 5.92 Å². The van der Waals surface area contributed by atoms with Crippen LogP contribution in [0.2, 0.25) is 0 Å². The van der Waals surface area contributed by atoms with Crippen LogP contribution in [0.5, 0.6) is 0 Å². The van der Waals surface area contributed by atoms with Gasteiger partial charge < -0.3 is 14.2 Å². The Morgan fingerprint density at radius 1 is 1.29 bits per heavy atom. The van der Waals surface area contributed by atoms with Crippen molar-refractivity contribution in [1.29, 1.82) is 0 Å². The molecule has 0 radical (unpaired) electrons. The molecule has 1 aliphatic carbocycles. The van der Waals surface area contributed by atoms with Crippen LogP contribution in [0.1, 0.15) is 37.2 Å². The van der Waals surface area contributed by atoms with Crippen molar-refractivity contribution in [3.05, 3.63) is 29.7 Å². The molecular weight excluding hydrogens is 264 g/mol. The predicted octanol–water partition coefficient (Wildman–Crippen LogP) is 2.58. The average molecular weight is 288 g/mol. The minimum absolute atomic E-state index is 0.0861. The maximum atomic E-state index is 12.2. The van der Waals surface area contributed by atoms with Crippen LogP contribution in [0.15, 0.2) is 22.6 Å². The van der Waals surface area contributed by atoms with Crippen molar-refractivity contribution in [2.75, 3.05) is 33.2 Å². The number of hydrogen-bond acceptors (Lipinski definition) is 3. The van der Waals surface area contributed by atoms with Gasteiger partial charge in [-0.2, -0.15) is 0 Å². The van der Waals surface area contributed by atoms with E-state index in [9.17, 15) is 4.79 Å². The van der Waals surface area contributed by atoms with Crippen LogP contribution >= 0.6 is 0 Å². The molecule has 4 heteroatoms. The van der Waals surface area contributed by atoms with E-state index in [4.69, 9.17) is 4.42 Å².